The molecule has 2 aliphatic heterocycles. The van der Waals surface area contributed by atoms with Crippen LogP contribution in [-0.4, -0.2) is 64.6 Å². The van der Waals surface area contributed by atoms with E-state index in [-0.39, 0.29) is 11.3 Å². The highest BCUT2D eigenvalue weighted by molar-refractivity contribution is 5.99. The number of piperidine rings is 1. The molecule has 2 aliphatic rings. The molecular weight excluding hydrogens is 441 g/mol. The number of aliphatic carboxylic acids is 1. The van der Waals surface area contributed by atoms with Crippen molar-refractivity contribution in [3.05, 3.63) is 42.2 Å². The first kappa shape index (κ1) is 24.6. The number of halogens is 3. The summed E-state index contributed by atoms with van der Waals surface area (Å²) in [6.45, 7) is 3.68. The summed E-state index contributed by atoms with van der Waals surface area (Å²) in [7, 11) is 3.57. The van der Waals surface area contributed by atoms with Gasteiger partial charge >= 0.3 is 12.1 Å². The van der Waals surface area contributed by atoms with Gasteiger partial charge in [-0.15, -0.1) is 0 Å². The highest BCUT2D eigenvalue weighted by Gasteiger charge is 2.48. The van der Waals surface area contributed by atoms with E-state index in [0.717, 1.165) is 56.9 Å². The number of nitrogens with zero attached hydrogens (tertiary/aromatic N) is 4. The largest absolute Gasteiger partial charge is 0.497 e. The van der Waals surface area contributed by atoms with Crippen molar-refractivity contribution in [3.63, 3.8) is 0 Å². The second kappa shape index (κ2) is 9.82. The van der Waals surface area contributed by atoms with E-state index in [1.165, 1.54) is 5.56 Å². The Morgan fingerprint density at radius 3 is 2.21 bits per heavy atom. The Kier molecular flexibility index (Phi) is 7.31. The number of hydrogen-bond acceptors (Lipinski definition) is 5. The highest BCUT2D eigenvalue weighted by Crippen LogP contribution is 2.43. The molecule has 0 radical (unpaired) electrons. The third-order valence-corrected chi connectivity index (χ3v) is 6.14. The Morgan fingerprint density at radius 2 is 1.73 bits per heavy atom. The van der Waals surface area contributed by atoms with Crippen LogP contribution in [0.25, 0.3) is 0 Å². The lowest BCUT2D eigenvalue weighted by Crippen LogP contribution is -2.44. The molecule has 0 aliphatic carbocycles. The molecule has 2 fully saturated rings. The number of methoxy groups -OCH3 is 1. The monoisotopic (exact) mass is 468 g/mol. The highest BCUT2D eigenvalue weighted by atomic mass is 19.4. The second-order valence-corrected chi connectivity index (χ2v) is 8.29. The number of hydrogen-bond donors (Lipinski definition) is 1. The number of anilines is 1. The zero-order chi connectivity index (χ0) is 24.2. The number of aromatic nitrogens is 2. The fourth-order valence-electron chi connectivity index (χ4n) is 4.21. The molecule has 8 nitrogen and oxygen atoms in total. The smallest absolute Gasteiger partial charge is 0.490 e. The summed E-state index contributed by atoms with van der Waals surface area (Å²) in [5, 5.41) is 11.3. The Bertz CT molecular complexity index is 967. The van der Waals surface area contributed by atoms with Gasteiger partial charge in [-0.1, -0.05) is 12.1 Å². The number of carboxylic acid groups (broad SMARTS) is 1. The molecule has 33 heavy (non-hydrogen) atoms. The fraction of sp³-hybridized carbons (Fsp3) is 0.500. The van der Waals surface area contributed by atoms with Crippen molar-refractivity contribution >= 4 is 17.6 Å². The van der Waals surface area contributed by atoms with Gasteiger partial charge in [0.2, 0.25) is 5.91 Å². The minimum Gasteiger partial charge on any atom is -0.497 e. The Hall–Kier alpha value is -3.08. The van der Waals surface area contributed by atoms with Gasteiger partial charge in [0.25, 0.3) is 0 Å². The van der Waals surface area contributed by atoms with Crippen molar-refractivity contribution < 1.29 is 32.6 Å². The normalized spacial score (nSPS) is 18.2. The van der Waals surface area contributed by atoms with Crippen molar-refractivity contribution in [2.75, 3.05) is 31.6 Å². The number of carbonyl (C=O) groups excluding carboxylic acids is 1. The summed E-state index contributed by atoms with van der Waals surface area (Å²) >= 11 is 0. The van der Waals surface area contributed by atoms with Crippen molar-refractivity contribution in [2.24, 2.45) is 12.5 Å². The first-order valence-electron chi connectivity index (χ1n) is 10.5. The maximum Gasteiger partial charge on any atom is 0.490 e. The first-order valence-corrected chi connectivity index (χ1v) is 10.5. The first-order chi connectivity index (χ1) is 15.5. The van der Waals surface area contributed by atoms with Gasteiger partial charge in [-0.2, -0.15) is 18.3 Å². The molecule has 2 aromatic rings. The molecule has 3 heterocycles. The minimum atomic E-state index is -5.08. The lowest BCUT2D eigenvalue weighted by Gasteiger charge is -2.38. The van der Waals surface area contributed by atoms with E-state index in [2.05, 4.69) is 22.1 Å². The van der Waals surface area contributed by atoms with Gasteiger partial charge in [0, 0.05) is 26.3 Å². The zero-order valence-electron chi connectivity index (χ0n) is 18.5. The van der Waals surface area contributed by atoms with Crippen LogP contribution in [-0.2, 0) is 23.2 Å². The summed E-state index contributed by atoms with van der Waals surface area (Å²) < 4.78 is 38.7. The average molecular weight is 468 g/mol. The number of rotatable bonds is 4. The maximum atomic E-state index is 13.1. The summed E-state index contributed by atoms with van der Waals surface area (Å²) in [5.41, 5.74) is 2.04. The fourth-order valence-corrected chi connectivity index (χ4v) is 4.21. The van der Waals surface area contributed by atoms with Crippen LogP contribution in [0.5, 0.6) is 5.75 Å². The molecule has 1 spiro atoms. The quantitative estimate of drug-likeness (QED) is 0.742. The molecule has 1 amide bonds. The Morgan fingerprint density at radius 1 is 1.15 bits per heavy atom. The van der Waals surface area contributed by atoms with Crippen molar-refractivity contribution in [2.45, 2.75) is 32.0 Å². The number of aryl methyl sites for hydroxylation is 1. The third kappa shape index (κ3) is 5.84. The number of likely N-dealkylation sites (tertiary alicyclic amines) is 1. The van der Waals surface area contributed by atoms with Crippen LogP contribution in [0.2, 0.25) is 0 Å². The van der Waals surface area contributed by atoms with Gasteiger partial charge in [0.05, 0.1) is 24.4 Å². The van der Waals surface area contributed by atoms with Crippen LogP contribution in [0.1, 0.15) is 24.8 Å². The second-order valence-electron chi connectivity index (χ2n) is 8.29. The standard InChI is InChI=1S/C20H26N4O2.C2HF3O2/c1-22-15-17(13-21-22)24-12-9-20(19(24)25)7-10-23(11-8-20)14-16-3-5-18(26-2)6-4-16;3-2(4,5)1(6)7/h3-6,13,15H,7-12,14H2,1-2H3;(H,6,7). The van der Waals surface area contributed by atoms with Gasteiger partial charge < -0.3 is 14.7 Å². The van der Waals surface area contributed by atoms with E-state index in [0.29, 0.717) is 0 Å². The molecule has 0 unspecified atom stereocenters. The molecule has 2 saturated heterocycles. The Balaban J connectivity index is 0.000000383. The maximum absolute atomic E-state index is 13.1. The van der Waals surface area contributed by atoms with Crippen LogP contribution in [0.3, 0.4) is 0 Å². The van der Waals surface area contributed by atoms with E-state index < -0.39 is 12.1 Å². The predicted molar refractivity (Wildman–Crippen MR) is 114 cm³/mol. The molecular formula is C22H27F3N4O4. The van der Waals surface area contributed by atoms with E-state index in [1.54, 1.807) is 18.0 Å². The summed E-state index contributed by atoms with van der Waals surface area (Å²) in [6, 6.07) is 8.25. The van der Waals surface area contributed by atoms with Crippen LogP contribution >= 0.6 is 0 Å². The molecule has 11 heteroatoms. The topological polar surface area (TPSA) is 87.9 Å². The number of ether oxygens (including phenoxy) is 1. The van der Waals surface area contributed by atoms with E-state index in [1.807, 2.05) is 30.3 Å². The van der Waals surface area contributed by atoms with Crippen LogP contribution in [0.15, 0.2) is 36.7 Å². The van der Waals surface area contributed by atoms with Crippen LogP contribution in [0.4, 0.5) is 18.9 Å². The zero-order valence-corrected chi connectivity index (χ0v) is 18.5. The summed E-state index contributed by atoms with van der Waals surface area (Å²) in [5.74, 6) is -1.58. The van der Waals surface area contributed by atoms with Crippen LogP contribution in [0, 0.1) is 5.41 Å². The van der Waals surface area contributed by atoms with E-state index >= 15 is 0 Å². The lowest BCUT2D eigenvalue weighted by atomic mass is 9.77. The van der Waals surface area contributed by atoms with Gasteiger partial charge in [0.15, 0.2) is 0 Å². The SMILES string of the molecule is COc1ccc(CN2CCC3(CC2)CCN(c2cnn(C)c2)C3=O)cc1.O=C(O)C(F)(F)F. The van der Waals surface area contributed by atoms with Gasteiger partial charge in [-0.25, -0.2) is 4.79 Å². The molecule has 1 N–H and O–H groups in total. The van der Waals surface area contributed by atoms with Crippen molar-refractivity contribution in [3.8, 4) is 5.75 Å². The molecule has 1 aromatic heterocycles. The average Bonchev–Trinajstić information content (AvgIpc) is 3.34. The predicted octanol–water partition coefficient (Wildman–Crippen LogP) is 3.08. The number of alkyl halides is 3. The molecule has 4 rings (SSSR count). The number of carbonyl (C=O) groups is 2. The number of amides is 1. The Labute approximate surface area is 189 Å². The molecule has 180 valence electrons. The van der Waals surface area contributed by atoms with Gasteiger partial charge in [0.1, 0.15) is 5.75 Å². The van der Waals surface area contributed by atoms with Gasteiger partial charge in [-0.3, -0.25) is 14.4 Å². The van der Waals surface area contributed by atoms with Crippen LogP contribution < -0.4 is 9.64 Å². The number of benzene rings is 1. The molecule has 0 bridgehead atoms. The molecule has 1 aromatic carbocycles. The summed E-state index contributed by atoms with van der Waals surface area (Å²) in [4.78, 5) is 26.4. The van der Waals surface area contributed by atoms with E-state index in [4.69, 9.17) is 14.6 Å². The van der Waals surface area contributed by atoms with Gasteiger partial charge in [-0.05, 0) is 50.0 Å². The molecule has 0 atom stereocenters. The van der Waals surface area contributed by atoms with E-state index in [9.17, 15) is 18.0 Å². The van der Waals surface area contributed by atoms with Crippen molar-refractivity contribution in [1.29, 1.82) is 0 Å². The summed E-state index contributed by atoms with van der Waals surface area (Å²) in [6.07, 6.45) is 1.47. The minimum absolute atomic E-state index is 0.174. The lowest BCUT2D eigenvalue weighted by molar-refractivity contribution is -0.192. The van der Waals surface area contributed by atoms with Crippen molar-refractivity contribution in [1.82, 2.24) is 14.7 Å². The third-order valence-electron chi connectivity index (χ3n) is 6.14. The number of carboxylic acids is 1. The molecule has 0 saturated carbocycles.